The molecule has 18 heavy (non-hydrogen) atoms. The molecule has 0 radical (unpaired) electrons. The fourth-order valence-electron chi connectivity index (χ4n) is 1.44. The molecule has 1 aromatic heterocycles. The Morgan fingerprint density at radius 3 is 2.78 bits per heavy atom. The van der Waals surface area contributed by atoms with Crippen molar-refractivity contribution in [2.75, 3.05) is 5.32 Å². The van der Waals surface area contributed by atoms with E-state index >= 15 is 0 Å². The van der Waals surface area contributed by atoms with Gasteiger partial charge in [-0.05, 0) is 52.7 Å². The van der Waals surface area contributed by atoms with Gasteiger partial charge in [0.25, 0.3) is 5.91 Å². The number of amides is 1. The highest BCUT2D eigenvalue weighted by molar-refractivity contribution is 9.10. The Hall–Kier alpha value is -1.39. The summed E-state index contributed by atoms with van der Waals surface area (Å²) in [5.41, 5.74) is 2.10. The van der Waals surface area contributed by atoms with Crippen LogP contribution in [0, 0.1) is 6.92 Å². The normalized spacial score (nSPS) is 10.2. The van der Waals surface area contributed by atoms with Crippen molar-refractivity contribution < 1.29 is 4.79 Å². The van der Waals surface area contributed by atoms with Crippen molar-refractivity contribution in [3.05, 3.63) is 57.3 Å². The Kier molecular flexibility index (Phi) is 3.99. The van der Waals surface area contributed by atoms with Crippen LogP contribution >= 0.6 is 27.5 Å². The molecule has 0 aliphatic carbocycles. The second kappa shape index (κ2) is 5.50. The lowest BCUT2D eigenvalue weighted by Crippen LogP contribution is -2.13. The first-order chi connectivity index (χ1) is 8.56. The number of pyridine rings is 1. The average molecular weight is 326 g/mol. The highest BCUT2D eigenvalue weighted by Crippen LogP contribution is 2.23. The maximum atomic E-state index is 12.0. The van der Waals surface area contributed by atoms with Crippen LogP contribution in [0.25, 0.3) is 0 Å². The molecule has 1 amide bonds. The van der Waals surface area contributed by atoms with Crippen LogP contribution in [0.1, 0.15) is 16.1 Å². The fourth-order valence-corrected chi connectivity index (χ4v) is 2.19. The molecule has 1 heterocycles. The van der Waals surface area contributed by atoms with E-state index in [1.54, 1.807) is 6.07 Å². The molecule has 2 aromatic rings. The summed E-state index contributed by atoms with van der Waals surface area (Å²) in [5, 5.41) is 3.26. The van der Waals surface area contributed by atoms with Gasteiger partial charge in [0.05, 0.1) is 5.69 Å². The molecule has 3 nitrogen and oxygen atoms in total. The molecule has 0 aliphatic heterocycles. The third-order valence-electron chi connectivity index (χ3n) is 2.33. The summed E-state index contributed by atoms with van der Waals surface area (Å²) < 4.78 is 0.831. The number of carbonyl (C=O) groups is 1. The predicted octanol–water partition coefficient (Wildman–Crippen LogP) is 4.06. The number of hydrogen-bond acceptors (Lipinski definition) is 2. The summed E-state index contributed by atoms with van der Waals surface area (Å²) in [6.07, 6.45) is 1.50. The van der Waals surface area contributed by atoms with Crippen molar-refractivity contribution in [3.63, 3.8) is 0 Å². The monoisotopic (exact) mass is 324 g/mol. The number of halogens is 2. The highest BCUT2D eigenvalue weighted by Gasteiger charge is 2.09. The van der Waals surface area contributed by atoms with Crippen molar-refractivity contribution >= 4 is 39.1 Å². The van der Waals surface area contributed by atoms with E-state index in [4.69, 9.17) is 11.6 Å². The van der Waals surface area contributed by atoms with E-state index in [-0.39, 0.29) is 11.6 Å². The zero-order valence-electron chi connectivity index (χ0n) is 9.58. The number of benzene rings is 1. The van der Waals surface area contributed by atoms with Crippen LogP contribution in [0.15, 0.2) is 41.0 Å². The van der Waals surface area contributed by atoms with E-state index in [0.29, 0.717) is 10.7 Å². The van der Waals surface area contributed by atoms with E-state index in [1.165, 1.54) is 12.3 Å². The van der Waals surface area contributed by atoms with E-state index in [9.17, 15) is 4.79 Å². The minimum absolute atomic E-state index is 0.287. The number of nitrogens with zero attached hydrogens (tertiary/aromatic N) is 1. The molecular weight excluding hydrogens is 316 g/mol. The topological polar surface area (TPSA) is 42.0 Å². The van der Waals surface area contributed by atoms with Crippen molar-refractivity contribution in [1.82, 2.24) is 4.98 Å². The van der Waals surface area contributed by atoms with Crippen LogP contribution < -0.4 is 5.32 Å². The summed E-state index contributed by atoms with van der Waals surface area (Å²) in [6.45, 7) is 1.98. The molecule has 2 rings (SSSR count). The van der Waals surface area contributed by atoms with Crippen molar-refractivity contribution in [3.8, 4) is 0 Å². The number of nitrogens with one attached hydrogen (secondary N) is 1. The van der Waals surface area contributed by atoms with Gasteiger partial charge in [0.2, 0.25) is 0 Å². The fraction of sp³-hybridized carbons (Fsp3) is 0.0769. The number of anilines is 1. The molecule has 0 fully saturated rings. The molecule has 0 saturated carbocycles. The Labute approximate surface area is 118 Å². The van der Waals surface area contributed by atoms with Gasteiger partial charge in [0.1, 0.15) is 5.69 Å². The van der Waals surface area contributed by atoms with Gasteiger partial charge in [-0.15, -0.1) is 0 Å². The van der Waals surface area contributed by atoms with Crippen molar-refractivity contribution in [2.45, 2.75) is 6.92 Å². The summed E-state index contributed by atoms with van der Waals surface area (Å²) >= 11 is 9.22. The Balaban J connectivity index is 2.21. The van der Waals surface area contributed by atoms with Gasteiger partial charge >= 0.3 is 0 Å². The van der Waals surface area contributed by atoms with Crippen molar-refractivity contribution in [2.24, 2.45) is 0 Å². The molecule has 0 saturated heterocycles. The molecule has 92 valence electrons. The number of aromatic nitrogens is 1. The first-order valence-corrected chi connectivity index (χ1v) is 6.42. The quantitative estimate of drug-likeness (QED) is 0.905. The maximum Gasteiger partial charge on any atom is 0.274 e. The second-order valence-corrected chi connectivity index (χ2v) is 5.09. The van der Waals surface area contributed by atoms with Gasteiger partial charge in [-0.2, -0.15) is 0 Å². The summed E-state index contributed by atoms with van der Waals surface area (Å²) in [7, 11) is 0. The van der Waals surface area contributed by atoms with E-state index in [1.807, 2.05) is 25.1 Å². The number of hydrogen-bond donors (Lipinski definition) is 1. The average Bonchev–Trinajstić information content (AvgIpc) is 2.32. The maximum absolute atomic E-state index is 12.0. The number of carbonyl (C=O) groups excluding carboxylic acids is 1. The summed E-state index contributed by atoms with van der Waals surface area (Å²) in [4.78, 5) is 15.9. The van der Waals surface area contributed by atoms with Crippen LogP contribution in [0.3, 0.4) is 0 Å². The third-order valence-corrected chi connectivity index (χ3v) is 3.22. The van der Waals surface area contributed by atoms with Crippen LogP contribution in [-0.4, -0.2) is 10.9 Å². The third kappa shape index (κ3) is 3.09. The lowest BCUT2D eigenvalue weighted by atomic mass is 10.2. The number of aryl methyl sites for hydroxylation is 1. The molecule has 0 aliphatic rings. The van der Waals surface area contributed by atoms with E-state index < -0.39 is 0 Å². The van der Waals surface area contributed by atoms with Crippen LogP contribution in [0.5, 0.6) is 0 Å². The first-order valence-electron chi connectivity index (χ1n) is 5.25. The van der Waals surface area contributed by atoms with E-state index in [2.05, 4.69) is 26.2 Å². The van der Waals surface area contributed by atoms with Gasteiger partial charge < -0.3 is 5.32 Å². The molecule has 0 atom stereocenters. The van der Waals surface area contributed by atoms with Gasteiger partial charge in [-0.1, -0.05) is 17.7 Å². The zero-order chi connectivity index (χ0) is 13.1. The van der Waals surface area contributed by atoms with Gasteiger partial charge in [-0.25, -0.2) is 0 Å². The van der Waals surface area contributed by atoms with E-state index in [0.717, 1.165) is 10.0 Å². The van der Waals surface area contributed by atoms with Gasteiger partial charge in [0.15, 0.2) is 0 Å². The Bertz CT molecular complexity index is 601. The molecule has 0 bridgehead atoms. The van der Waals surface area contributed by atoms with Gasteiger partial charge in [-0.3, -0.25) is 9.78 Å². The lowest BCUT2D eigenvalue weighted by molar-refractivity contribution is 0.102. The van der Waals surface area contributed by atoms with Gasteiger partial charge in [0, 0.05) is 15.7 Å². The highest BCUT2D eigenvalue weighted by atomic mass is 79.9. The second-order valence-electron chi connectivity index (χ2n) is 3.80. The first kappa shape index (κ1) is 13.1. The number of rotatable bonds is 2. The summed E-state index contributed by atoms with van der Waals surface area (Å²) in [6, 6.07) is 8.84. The zero-order valence-corrected chi connectivity index (χ0v) is 11.9. The minimum Gasteiger partial charge on any atom is -0.320 e. The Morgan fingerprint density at radius 2 is 2.11 bits per heavy atom. The standard InChI is InChI=1S/C13H10BrClN2O/c1-8-2-3-11(10(14)6-8)17-13(18)12-7-9(15)4-5-16-12/h2-7H,1H3,(H,17,18). The van der Waals surface area contributed by atoms with Crippen LogP contribution in [0.2, 0.25) is 5.02 Å². The summed E-state index contributed by atoms with van der Waals surface area (Å²) in [5.74, 6) is -0.290. The van der Waals surface area contributed by atoms with Crippen LogP contribution in [0.4, 0.5) is 5.69 Å². The predicted molar refractivity (Wildman–Crippen MR) is 76.1 cm³/mol. The van der Waals surface area contributed by atoms with Crippen molar-refractivity contribution in [1.29, 1.82) is 0 Å². The SMILES string of the molecule is Cc1ccc(NC(=O)c2cc(Cl)ccn2)c(Br)c1. The molecule has 0 unspecified atom stereocenters. The lowest BCUT2D eigenvalue weighted by Gasteiger charge is -2.07. The smallest absolute Gasteiger partial charge is 0.274 e. The minimum atomic E-state index is -0.290. The largest absolute Gasteiger partial charge is 0.320 e. The molecule has 1 aromatic carbocycles. The molecule has 5 heteroatoms. The molecular formula is C13H10BrClN2O. The van der Waals surface area contributed by atoms with Crippen LogP contribution in [-0.2, 0) is 0 Å². The molecule has 0 spiro atoms. The Morgan fingerprint density at radius 1 is 1.33 bits per heavy atom. The molecule has 1 N–H and O–H groups in total.